The molecule has 4 rings (SSSR count). The number of hydrogen-bond acceptors (Lipinski definition) is 4. The van der Waals surface area contributed by atoms with E-state index in [0.29, 0.717) is 0 Å². The molecule has 0 spiro atoms. The summed E-state index contributed by atoms with van der Waals surface area (Å²) in [7, 11) is 1.90. The Kier molecular flexibility index (Phi) is 3.57. The molecule has 124 valence electrons. The predicted octanol–water partition coefficient (Wildman–Crippen LogP) is 3.70. The number of hydrazone groups is 1. The molecule has 0 bridgehead atoms. The van der Waals surface area contributed by atoms with Crippen LogP contribution in [0.4, 0.5) is 0 Å². The van der Waals surface area contributed by atoms with E-state index in [0.717, 1.165) is 39.1 Å². The monoisotopic (exact) mass is 330 g/mol. The van der Waals surface area contributed by atoms with Crippen molar-refractivity contribution >= 4 is 22.8 Å². The summed E-state index contributed by atoms with van der Waals surface area (Å²) < 4.78 is 1.77. The maximum atomic E-state index is 4.72. The van der Waals surface area contributed by atoms with E-state index in [1.54, 1.807) is 15.9 Å². The molecule has 25 heavy (non-hydrogen) atoms. The highest BCUT2D eigenvalue weighted by Gasteiger charge is 2.14. The predicted molar refractivity (Wildman–Crippen MR) is 101 cm³/mol. The SMILES string of the molecule is C=C1C=C(c2c[nH]c3nc(-c4cnn(C)c4)ccc23)C=CN1/N=C\C. The lowest BCUT2D eigenvalue weighted by atomic mass is 10.0. The largest absolute Gasteiger partial charge is 0.345 e. The van der Waals surface area contributed by atoms with Gasteiger partial charge in [-0.05, 0) is 36.8 Å². The van der Waals surface area contributed by atoms with Gasteiger partial charge in [0.25, 0.3) is 0 Å². The summed E-state index contributed by atoms with van der Waals surface area (Å²) in [4.78, 5) is 7.99. The van der Waals surface area contributed by atoms with Crippen LogP contribution < -0.4 is 0 Å². The quantitative estimate of drug-likeness (QED) is 0.745. The van der Waals surface area contributed by atoms with Crippen molar-refractivity contribution in [3.63, 3.8) is 0 Å². The molecule has 3 aromatic heterocycles. The number of aromatic nitrogens is 4. The molecular weight excluding hydrogens is 312 g/mol. The number of H-pyrrole nitrogens is 1. The number of hydrogen-bond donors (Lipinski definition) is 1. The lowest BCUT2D eigenvalue weighted by Crippen LogP contribution is -2.10. The average molecular weight is 330 g/mol. The van der Waals surface area contributed by atoms with Gasteiger partial charge in [-0.1, -0.05) is 6.58 Å². The molecule has 0 unspecified atom stereocenters. The third kappa shape index (κ3) is 2.67. The molecule has 0 fully saturated rings. The number of rotatable bonds is 3. The maximum Gasteiger partial charge on any atom is 0.138 e. The second kappa shape index (κ2) is 5.90. The molecule has 0 aromatic carbocycles. The first-order chi connectivity index (χ1) is 12.2. The molecule has 0 atom stereocenters. The summed E-state index contributed by atoms with van der Waals surface area (Å²) in [6, 6.07) is 4.11. The molecule has 4 heterocycles. The fourth-order valence-corrected chi connectivity index (χ4v) is 2.90. The summed E-state index contributed by atoms with van der Waals surface area (Å²) in [5.74, 6) is 0. The highest BCUT2D eigenvalue weighted by molar-refractivity contribution is 5.95. The van der Waals surface area contributed by atoms with Crippen LogP contribution in [0.5, 0.6) is 0 Å². The van der Waals surface area contributed by atoms with E-state index in [2.05, 4.69) is 27.8 Å². The molecule has 0 amide bonds. The Balaban J connectivity index is 1.72. The fraction of sp³-hybridized carbons (Fsp3) is 0.105. The van der Waals surface area contributed by atoms with E-state index in [9.17, 15) is 0 Å². The second-order valence-electron chi connectivity index (χ2n) is 5.82. The summed E-state index contributed by atoms with van der Waals surface area (Å²) >= 11 is 0. The van der Waals surface area contributed by atoms with E-state index in [-0.39, 0.29) is 0 Å². The van der Waals surface area contributed by atoms with Gasteiger partial charge in [0.1, 0.15) is 5.65 Å². The molecule has 1 aliphatic rings. The molecule has 0 saturated heterocycles. The number of nitrogens with one attached hydrogen (secondary N) is 1. The lowest BCUT2D eigenvalue weighted by Gasteiger charge is -2.19. The third-order valence-electron chi connectivity index (χ3n) is 4.10. The van der Waals surface area contributed by atoms with Gasteiger partial charge in [-0.25, -0.2) is 9.99 Å². The third-order valence-corrected chi connectivity index (χ3v) is 4.10. The van der Waals surface area contributed by atoms with Gasteiger partial charge in [0.05, 0.1) is 17.6 Å². The van der Waals surface area contributed by atoms with Crippen LogP contribution in [-0.4, -0.2) is 31.0 Å². The minimum Gasteiger partial charge on any atom is -0.345 e. The van der Waals surface area contributed by atoms with Crippen LogP contribution >= 0.6 is 0 Å². The Hall–Kier alpha value is -3.41. The standard InChI is InChI=1S/C19H18N6/c1-4-21-25-8-7-14(9-13(25)2)17-11-20-19-16(17)5-6-18(23-19)15-10-22-24(3)12-15/h4-12H,2H2,1,3H3,(H,20,23)/b21-4-. The number of pyridine rings is 1. The van der Waals surface area contributed by atoms with E-state index < -0.39 is 0 Å². The maximum absolute atomic E-state index is 4.72. The normalized spacial score (nSPS) is 14.7. The molecule has 6 heteroatoms. The zero-order valence-electron chi connectivity index (χ0n) is 14.1. The van der Waals surface area contributed by atoms with E-state index in [1.165, 1.54) is 0 Å². The highest BCUT2D eigenvalue weighted by Crippen LogP contribution is 2.30. The second-order valence-corrected chi connectivity index (χ2v) is 5.82. The summed E-state index contributed by atoms with van der Waals surface area (Å²) in [5, 5.41) is 11.3. The first kappa shape index (κ1) is 15.1. The van der Waals surface area contributed by atoms with E-state index >= 15 is 0 Å². The lowest BCUT2D eigenvalue weighted by molar-refractivity contribution is 0.516. The van der Waals surface area contributed by atoms with Crippen LogP contribution in [0.15, 0.2) is 66.5 Å². The number of aryl methyl sites for hydroxylation is 1. The van der Waals surface area contributed by atoms with Crippen molar-refractivity contribution in [3.8, 4) is 11.3 Å². The van der Waals surface area contributed by atoms with Crippen LogP contribution in [0.1, 0.15) is 12.5 Å². The Bertz CT molecular complexity index is 1050. The zero-order valence-corrected chi connectivity index (χ0v) is 14.1. The first-order valence-corrected chi connectivity index (χ1v) is 8.00. The molecule has 6 nitrogen and oxygen atoms in total. The van der Waals surface area contributed by atoms with E-state index in [1.807, 2.05) is 57.0 Å². The Morgan fingerprint density at radius 3 is 2.92 bits per heavy atom. The minimum atomic E-state index is 0.824. The van der Waals surface area contributed by atoms with E-state index in [4.69, 9.17) is 4.98 Å². The smallest absolute Gasteiger partial charge is 0.138 e. The average Bonchev–Trinajstić information content (AvgIpc) is 3.22. The van der Waals surface area contributed by atoms with Gasteiger partial charge in [0.15, 0.2) is 0 Å². The molecule has 0 aliphatic carbocycles. The minimum absolute atomic E-state index is 0.824. The van der Waals surface area contributed by atoms with Crippen molar-refractivity contribution in [1.82, 2.24) is 24.8 Å². The van der Waals surface area contributed by atoms with Crippen molar-refractivity contribution in [1.29, 1.82) is 0 Å². The van der Waals surface area contributed by atoms with Crippen LogP contribution in [-0.2, 0) is 7.05 Å². The van der Waals surface area contributed by atoms with Crippen LogP contribution in [0.2, 0.25) is 0 Å². The summed E-state index contributed by atoms with van der Waals surface area (Å²) in [6.45, 7) is 5.94. The molecule has 1 N–H and O–H groups in total. The van der Waals surface area contributed by atoms with Crippen molar-refractivity contribution in [2.75, 3.05) is 0 Å². The number of fused-ring (bicyclic) bond motifs is 1. The van der Waals surface area contributed by atoms with Crippen molar-refractivity contribution < 1.29 is 0 Å². The molecule has 3 aromatic rings. The first-order valence-electron chi connectivity index (χ1n) is 8.00. The van der Waals surface area contributed by atoms with Crippen molar-refractivity contribution in [3.05, 3.63) is 66.9 Å². The van der Waals surface area contributed by atoms with Gasteiger partial charge in [0.2, 0.25) is 0 Å². The Morgan fingerprint density at radius 2 is 2.20 bits per heavy atom. The van der Waals surface area contributed by atoms with Gasteiger partial charge in [-0.3, -0.25) is 4.68 Å². The van der Waals surface area contributed by atoms with Crippen LogP contribution in [0, 0.1) is 0 Å². The molecule has 0 saturated carbocycles. The van der Waals surface area contributed by atoms with Crippen LogP contribution in [0.3, 0.4) is 0 Å². The topological polar surface area (TPSA) is 62.1 Å². The Labute approximate surface area is 145 Å². The van der Waals surface area contributed by atoms with Crippen molar-refractivity contribution in [2.45, 2.75) is 6.92 Å². The number of allylic oxidation sites excluding steroid dienone is 3. The highest BCUT2D eigenvalue weighted by atomic mass is 15.4. The number of aromatic amines is 1. The molecule has 0 radical (unpaired) electrons. The van der Waals surface area contributed by atoms with Crippen molar-refractivity contribution in [2.24, 2.45) is 12.1 Å². The summed E-state index contributed by atoms with van der Waals surface area (Å²) in [6.07, 6.45) is 13.4. The van der Waals surface area contributed by atoms with Gasteiger partial charge < -0.3 is 4.98 Å². The van der Waals surface area contributed by atoms with Gasteiger partial charge >= 0.3 is 0 Å². The molecule has 1 aliphatic heterocycles. The molecular formula is C19H18N6. The van der Waals surface area contributed by atoms with Crippen LogP contribution in [0.25, 0.3) is 27.9 Å². The van der Waals surface area contributed by atoms with Gasteiger partial charge in [-0.15, -0.1) is 0 Å². The van der Waals surface area contributed by atoms with Gasteiger partial charge in [0, 0.05) is 48.4 Å². The summed E-state index contributed by atoms with van der Waals surface area (Å²) in [5.41, 5.74) is 5.75. The fourth-order valence-electron chi connectivity index (χ4n) is 2.90. The zero-order chi connectivity index (χ0) is 17.4. The Morgan fingerprint density at radius 1 is 1.32 bits per heavy atom. The van der Waals surface area contributed by atoms with Gasteiger partial charge in [-0.2, -0.15) is 10.2 Å². The number of nitrogens with zero attached hydrogens (tertiary/aromatic N) is 5.